The van der Waals surface area contributed by atoms with Gasteiger partial charge in [0.15, 0.2) is 12.2 Å². The van der Waals surface area contributed by atoms with Gasteiger partial charge in [0.1, 0.15) is 19.3 Å². The van der Waals surface area contributed by atoms with E-state index >= 15 is 0 Å². The quantitative estimate of drug-likeness (QED) is 0.0169. The number of aliphatic hydroxyl groups excluding tert-OH is 1. The second kappa shape index (κ2) is 80.7. The van der Waals surface area contributed by atoms with Crippen molar-refractivity contribution < 1.29 is 80.2 Å². The zero-order valence-electron chi connectivity index (χ0n) is 71.4. The molecule has 0 aromatic carbocycles. The van der Waals surface area contributed by atoms with E-state index in [0.29, 0.717) is 25.7 Å². The van der Waals surface area contributed by atoms with Crippen LogP contribution in [-0.4, -0.2) is 96.7 Å². The minimum absolute atomic E-state index is 0.0857. The first-order chi connectivity index (χ1) is 52.9. The van der Waals surface area contributed by atoms with Crippen LogP contribution in [-0.2, 0) is 65.4 Å². The number of carbonyl (C=O) groups excluding carboxylic acids is 4. The monoisotopic (exact) mass is 1590 g/mol. The zero-order chi connectivity index (χ0) is 79.9. The Bertz CT molecular complexity index is 2180. The highest BCUT2D eigenvalue weighted by molar-refractivity contribution is 7.47. The summed E-state index contributed by atoms with van der Waals surface area (Å²) in [6, 6.07) is 0. The maximum absolute atomic E-state index is 13.2. The number of ether oxygens (including phenoxy) is 4. The van der Waals surface area contributed by atoms with Crippen molar-refractivity contribution in [3.63, 3.8) is 0 Å². The standard InChI is InChI=1S/C90H172O17P2/c1-7-9-11-13-15-17-19-21-30-38-44-50-56-62-68-74-89(94)106-85(78-100-87(92)72-66-60-54-48-42-20-18-16-14-12-10-8-2)80-104-108(96,97)102-76-84(91)77-103-109(98,99)105-81-86(107-90(95)75-69-63-57-51-45-39-34-29-25-23-27-32-36-41-47-53-59-65-71-83(5)6)79-101-88(93)73-67-61-55-49-43-37-33-28-24-22-26-31-35-40-46-52-58-64-70-82(3)4/h17,19,21,30,82-86,91H,7-16,18,20,22-29,31-81H2,1-6H3,(H,96,97)(H,98,99)/b19-17-,30-21-/t84-,85+,86+/m0/s1. The maximum Gasteiger partial charge on any atom is 0.472 e. The second-order valence-corrected chi connectivity index (χ2v) is 35.5. The number of hydrogen-bond donors (Lipinski definition) is 3. The molecule has 0 spiro atoms. The van der Waals surface area contributed by atoms with E-state index in [9.17, 15) is 43.2 Å². The van der Waals surface area contributed by atoms with Gasteiger partial charge in [0.2, 0.25) is 0 Å². The summed E-state index contributed by atoms with van der Waals surface area (Å²) in [4.78, 5) is 73.3. The summed E-state index contributed by atoms with van der Waals surface area (Å²) in [6.45, 7) is 9.70. The van der Waals surface area contributed by atoms with Crippen LogP contribution >= 0.6 is 15.6 Å². The molecule has 0 aliphatic heterocycles. The lowest BCUT2D eigenvalue weighted by Crippen LogP contribution is -2.30. The Morgan fingerprint density at radius 2 is 0.495 bits per heavy atom. The summed E-state index contributed by atoms with van der Waals surface area (Å²) in [5, 5.41) is 10.7. The van der Waals surface area contributed by atoms with Gasteiger partial charge in [-0.1, -0.05) is 406 Å². The summed E-state index contributed by atoms with van der Waals surface area (Å²) in [5.41, 5.74) is 0. The van der Waals surface area contributed by atoms with Gasteiger partial charge in [0.05, 0.1) is 26.4 Å². The molecule has 3 N–H and O–H groups in total. The van der Waals surface area contributed by atoms with Crippen LogP contribution in [0.1, 0.15) is 459 Å². The van der Waals surface area contributed by atoms with Crippen molar-refractivity contribution in [2.75, 3.05) is 39.6 Å². The van der Waals surface area contributed by atoms with E-state index in [4.69, 9.17) is 37.0 Å². The Morgan fingerprint density at radius 1 is 0.284 bits per heavy atom. The highest BCUT2D eigenvalue weighted by atomic mass is 31.2. The third-order valence-corrected chi connectivity index (χ3v) is 22.5. The Labute approximate surface area is 669 Å². The molecule has 17 nitrogen and oxygen atoms in total. The molecule has 0 radical (unpaired) electrons. The van der Waals surface area contributed by atoms with Crippen LogP contribution in [0.2, 0.25) is 0 Å². The Hall–Kier alpha value is -2.46. The third kappa shape index (κ3) is 83.3. The van der Waals surface area contributed by atoms with Crippen molar-refractivity contribution in [2.45, 2.75) is 477 Å². The fourth-order valence-corrected chi connectivity index (χ4v) is 15.2. The minimum atomic E-state index is -4.97. The predicted octanol–water partition coefficient (Wildman–Crippen LogP) is 27.3. The molecule has 0 aliphatic carbocycles. The number of phosphoric acid groups is 2. The molecule has 0 saturated heterocycles. The molecule has 0 aliphatic rings. The van der Waals surface area contributed by atoms with Gasteiger partial charge < -0.3 is 33.8 Å². The molecule has 0 heterocycles. The third-order valence-electron chi connectivity index (χ3n) is 20.6. The van der Waals surface area contributed by atoms with E-state index in [1.807, 2.05) is 0 Å². The molecule has 0 saturated carbocycles. The molecule has 109 heavy (non-hydrogen) atoms. The normalized spacial score (nSPS) is 13.9. The van der Waals surface area contributed by atoms with Gasteiger partial charge in [-0.3, -0.25) is 37.3 Å². The molecule has 0 aromatic rings. The zero-order valence-corrected chi connectivity index (χ0v) is 73.1. The fraction of sp³-hybridized carbons (Fsp3) is 0.911. The molecule has 0 amide bonds. The van der Waals surface area contributed by atoms with Gasteiger partial charge in [0.25, 0.3) is 0 Å². The number of unbranched alkanes of at least 4 members (excludes halogenated alkanes) is 54. The van der Waals surface area contributed by atoms with Gasteiger partial charge in [0, 0.05) is 25.7 Å². The molecular weight excluding hydrogens is 1410 g/mol. The van der Waals surface area contributed by atoms with Crippen molar-refractivity contribution in [3.8, 4) is 0 Å². The summed E-state index contributed by atoms with van der Waals surface area (Å²) >= 11 is 0. The first-order valence-electron chi connectivity index (χ1n) is 45.8. The first-order valence-corrected chi connectivity index (χ1v) is 48.8. The average molecular weight is 1590 g/mol. The highest BCUT2D eigenvalue weighted by Crippen LogP contribution is 2.45. The lowest BCUT2D eigenvalue weighted by atomic mass is 10.0. The van der Waals surface area contributed by atoms with Crippen LogP contribution in [0.3, 0.4) is 0 Å². The fourth-order valence-electron chi connectivity index (χ4n) is 13.6. The van der Waals surface area contributed by atoms with Gasteiger partial charge >= 0.3 is 39.5 Å². The molecule has 0 bridgehead atoms. The summed E-state index contributed by atoms with van der Waals surface area (Å²) in [7, 11) is -9.95. The Morgan fingerprint density at radius 3 is 0.752 bits per heavy atom. The Kier molecular flexibility index (Phi) is 78.9. The molecule has 0 rings (SSSR count). The van der Waals surface area contributed by atoms with Crippen LogP contribution in [0.4, 0.5) is 0 Å². The molecular formula is C90H172O17P2. The molecule has 5 atom stereocenters. The minimum Gasteiger partial charge on any atom is -0.462 e. The number of esters is 4. The molecule has 2 unspecified atom stereocenters. The number of carbonyl (C=O) groups is 4. The molecule has 0 fully saturated rings. The SMILES string of the molecule is CCCCCC/C=C\C=C/CCCCCCCC(=O)O[C@H](COC(=O)CCCCCCCCCCCCCC)COP(=O)(O)OC[C@H](O)COP(=O)(O)OC[C@@H](COC(=O)CCCCCCCCCCCCCCCCCCCCC(C)C)OC(=O)CCCCCCCCCCCCCCCCCCCCC(C)C. The lowest BCUT2D eigenvalue weighted by Gasteiger charge is -2.21. The predicted molar refractivity (Wildman–Crippen MR) is 451 cm³/mol. The lowest BCUT2D eigenvalue weighted by molar-refractivity contribution is -0.161. The van der Waals surface area contributed by atoms with Gasteiger partial charge in [-0.05, 0) is 63.2 Å². The van der Waals surface area contributed by atoms with Crippen molar-refractivity contribution in [2.24, 2.45) is 11.8 Å². The van der Waals surface area contributed by atoms with Gasteiger partial charge in [-0.2, -0.15) is 0 Å². The van der Waals surface area contributed by atoms with E-state index in [1.54, 1.807) is 0 Å². The number of hydrogen-bond acceptors (Lipinski definition) is 15. The average Bonchev–Trinajstić information content (AvgIpc) is 0.901. The first kappa shape index (κ1) is 107. The largest absolute Gasteiger partial charge is 0.472 e. The van der Waals surface area contributed by atoms with Crippen LogP contribution < -0.4 is 0 Å². The number of aliphatic hydroxyl groups is 1. The van der Waals surface area contributed by atoms with Crippen LogP contribution in [0.25, 0.3) is 0 Å². The summed E-state index contributed by atoms with van der Waals surface area (Å²) in [6.07, 6.45) is 77.2. The molecule has 644 valence electrons. The molecule has 19 heteroatoms. The number of allylic oxidation sites excluding steroid dienone is 4. The van der Waals surface area contributed by atoms with Crippen molar-refractivity contribution >= 4 is 39.5 Å². The topological polar surface area (TPSA) is 237 Å². The van der Waals surface area contributed by atoms with E-state index < -0.39 is 97.5 Å². The number of rotatable bonds is 87. The molecule has 0 aromatic heterocycles. The van der Waals surface area contributed by atoms with Crippen molar-refractivity contribution in [3.05, 3.63) is 24.3 Å². The van der Waals surface area contributed by atoms with E-state index in [2.05, 4.69) is 65.8 Å². The summed E-state index contributed by atoms with van der Waals surface area (Å²) < 4.78 is 69.0. The van der Waals surface area contributed by atoms with Crippen LogP contribution in [0, 0.1) is 11.8 Å². The van der Waals surface area contributed by atoms with E-state index in [1.165, 1.54) is 263 Å². The second-order valence-electron chi connectivity index (χ2n) is 32.6. The van der Waals surface area contributed by atoms with Crippen LogP contribution in [0.5, 0.6) is 0 Å². The van der Waals surface area contributed by atoms with Crippen molar-refractivity contribution in [1.82, 2.24) is 0 Å². The van der Waals surface area contributed by atoms with Crippen molar-refractivity contribution in [1.29, 1.82) is 0 Å². The summed E-state index contributed by atoms with van der Waals surface area (Å²) in [5.74, 6) is -0.486. The smallest absolute Gasteiger partial charge is 0.462 e. The Balaban J connectivity index is 5.26. The van der Waals surface area contributed by atoms with Gasteiger partial charge in [-0.15, -0.1) is 0 Å². The van der Waals surface area contributed by atoms with Gasteiger partial charge in [-0.25, -0.2) is 9.13 Å². The van der Waals surface area contributed by atoms with Crippen LogP contribution in [0.15, 0.2) is 24.3 Å². The van der Waals surface area contributed by atoms with E-state index in [-0.39, 0.29) is 25.7 Å². The maximum atomic E-state index is 13.2. The number of phosphoric ester groups is 2. The van der Waals surface area contributed by atoms with E-state index in [0.717, 1.165) is 115 Å². The highest BCUT2D eigenvalue weighted by Gasteiger charge is 2.30.